The fraction of sp³-hybridized carbons (Fsp3) is 0.589. The molecular formula is C56H72F10N4O15. The molecular weight excluding hydrogens is 1160 g/mol. The molecule has 0 radical (unpaired) electrons. The summed E-state index contributed by atoms with van der Waals surface area (Å²) >= 11 is 0. The number of nitrogens with zero attached hydrogens (tertiary/aromatic N) is 2. The molecule has 0 spiro atoms. The van der Waals surface area contributed by atoms with Gasteiger partial charge in [0.1, 0.15) is 30.4 Å². The third-order valence-corrected chi connectivity index (χ3v) is 13.9. The van der Waals surface area contributed by atoms with E-state index in [2.05, 4.69) is 10.6 Å². The van der Waals surface area contributed by atoms with Crippen LogP contribution in [0.4, 0.5) is 43.9 Å². The third kappa shape index (κ3) is 19.7. The first-order chi connectivity index (χ1) is 39.9. The van der Waals surface area contributed by atoms with E-state index in [1.54, 1.807) is 12.2 Å². The van der Waals surface area contributed by atoms with E-state index in [4.69, 9.17) is 23.7 Å². The molecule has 12 atom stereocenters. The summed E-state index contributed by atoms with van der Waals surface area (Å²) in [6.07, 6.45) is -4.68. The Kier molecular flexibility index (Phi) is 28.9. The lowest BCUT2D eigenvalue weighted by Crippen LogP contribution is -2.58. The first-order valence-corrected chi connectivity index (χ1v) is 27.1. The molecule has 4 rings (SSSR count). The standard InChI is InChI=1S/C31H39F5N2O9.C25H33F5N2O6/c1-7-15(2)11-12-21(45-16(3)39)27(46-17(4)40)28(47-18(5)41)29(44-6)30(42)37-20-10-8-9-13-38(31(20)43)14-19-22(32)24(34)26(36)25(35)23(19)33;1-4-12(2)8-9-15(33)21(34)22(35)23(38-3)24(36)31-14-7-5-6-10-32(25(14)37)11-13-16(26)18(28)20(30)19(29)17(13)27/h11-12,15,20-21,27-29H,7-10,13-14H2,1-6H3,(H,37,42);8-9,12,14-15,21-23,33-35H,4-7,10-11H2,1-3H3,(H,31,36)/b12-11+;9-8+/t15?,20-,21+,27-,28+,29+;12?,14-,15+,21-,22+,23+/m00/s1. The minimum atomic E-state index is -2.35. The number of amides is 4. The zero-order valence-electron chi connectivity index (χ0n) is 48.1. The van der Waals surface area contributed by atoms with Crippen molar-refractivity contribution in [1.82, 2.24) is 20.4 Å². The molecule has 0 aromatic heterocycles. The van der Waals surface area contributed by atoms with Gasteiger partial charge in [0, 0.05) is 59.2 Å². The van der Waals surface area contributed by atoms with Crippen molar-refractivity contribution < 1.29 is 116 Å². The summed E-state index contributed by atoms with van der Waals surface area (Å²) in [6, 6.07) is -2.65. The number of aliphatic hydroxyl groups excluding tert-OH is 3. The van der Waals surface area contributed by atoms with Crippen LogP contribution in [-0.2, 0) is 70.3 Å². The van der Waals surface area contributed by atoms with Gasteiger partial charge in [0.15, 0.2) is 77.1 Å². The second-order valence-electron chi connectivity index (χ2n) is 20.3. The number of rotatable bonds is 25. The number of likely N-dealkylation sites (tertiary alicyclic amines) is 2. The van der Waals surface area contributed by atoms with E-state index in [0.717, 1.165) is 51.2 Å². The van der Waals surface area contributed by atoms with Gasteiger partial charge in [-0.15, -0.1) is 0 Å². The smallest absolute Gasteiger partial charge is 0.303 e. The molecule has 5 N–H and O–H groups in total. The molecule has 0 aliphatic carbocycles. The average Bonchev–Trinajstić information content (AvgIpc) is 3.98. The van der Waals surface area contributed by atoms with Crippen molar-refractivity contribution in [3.8, 4) is 0 Å². The predicted molar refractivity (Wildman–Crippen MR) is 278 cm³/mol. The maximum Gasteiger partial charge on any atom is 0.303 e. The lowest BCUT2D eigenvalue weighted by Gasteiger charge is -2.34. The Morgan fingerprint density at radius 3 is 1.24 bits per heavy atom. The summed E-state index contributed by atoms with van der Waals surface area (Å²) in [4.78, 5) is 91.0. The molecule has 0 saturated carbocycles. The van der Waals surface area contributed by atoms with E-state index in [1.165, 1.54) is 12.2 Å². The van der Waals surface area contributed by atoms with Crippen molar-refractivity contribution in [2.24, 2.45) is 11.8 Å². The van der Waals surface area contributed by atoms with Gasteiger partial charge in [0.05, 0.1) is 13.1 Å². The molecule has 2 aromatic rings. The van der Waals surface area contributed by atoms with Gasteiger partial charge in [-0.05, 0) is 56.4 Å². The van der Waals surface area contributed by atoms with Crippen LogP contribution in [0, 0.1) is 70.0 Å². The van der Waals surface area contributed by atoms with Gasteiger partial charge in [0.25, 0.3) is 11.8 Å². The van der Waals surface area contributed by atoms with Crippen LogP contribution in [-0.4, -0.2) is 155 Å². The number of esters is 3. The number of hydrogen-bond donors (Lipinski definition) is 5. The van der Waals surface area contributed by atoms with E-state index >= 15 is 0 Å². The fourth-order valence-corrected chi connectivity index (χ4v) is 8.83. The summed E-state index contributed by atoms with van der Waals surface area (Å²) in [5.41, 5.74) is -2.41. The number of halogens is 10. The second-order valence-corrected chi connectivity index (χ2v) is 20.3. The van der Waals surface area contributed by atoms with E-state index < -0.39 is 185 Å². The van der Waals surface area contributed by atoms with Crippen molar-refractivity contribution in [1.29, 1.82) is 0 Å². The Morgan fingerprint density at radius 2 is 0.871 bits per heavy atom. The van der Waals surface area contributed by atoms with E-state index in [-0.39, 0.29) is 44.2 Å². The maximum atomic E-state index is 14.4. The quantitative estimate of drug-likeness (QED) is 0.0195. The lowest BCUT2D eigenvalue weighted by atomic mass is 9.98. The number of carbonyl (C=O) groups is 7. The molecule has 85 heavy (non-hydrogen) atoms. The molecule has 2 fully saturated rings. The zero-order chi connectivity index (χ0) is 64.3. The highest BCUT2D eigenvalue weighted by Crippen LogP contribution is 2.29. The van der Waals surface area contributed by atoms with Gasteiger partial charge < -0.3 is 59.4 Å². The number of nitrogens with one attached hydrogen (secondary N) is 2. The third-order valence-electron chi connectivity index (χ3n) is 13.9. The zero-order valence-corrected chi connectivity index (χ0v) is 48.1. The highest BCUT2D eigenvalue weighted by molar-refractivity contribution is 5.91. The summed E-state index contributed by atoms with van der Waals surface area (Å²) in [5.74, 6) is -27.9. The molecule has 476 valence electrons. The molecule has 0 bridgehead atoms. The minimum Gasteiger partial charge on any atom is -0.455 e. The molecule has 19 nitrogen and oxygen atoms in total. The lowest BCUT2D eigenvalue weighted by molar-refractivity contribution is -0.192. The van der Waals surface area contributed by atoms with Gasteiger partial charge >= 0.3 is 17.9 Å². The number of aliphatic hydroxyl groups is 3. The van der Waals surface area contributed by atoms with Gasteiger partial charge in [-0.1, -0.05) is 58.8 Å². The van der Waals surface area contributed by atoms with Crippen molar-refractivity contribution in [2.45, 2.75) is 174 Å². The number of benzene rings is 2. The molecule has 2 heterocycles. The monoisotopic (exact) mass is 1230 g/mol. The minimum absolute atomic E-state index is 0.00787. The van der Waals surface area contributed by atoms with Gasteiger partial charge in [-0.25, -0.2) is 43.9 Å². The molecule has 2 aliphatic rings. The molecule has 4 amide bonds. The van der Waals surface area contributed by atoms with Crippen LogP contribution < -0.4 is 10.6 Å². The molecule has 29 heteroatoms. The summed E-state index contributed by atoms with van der Waals surface area (Å²) in [5, 5.41) is 35.7. The molecule has 2 saturated heterocycles. The highest BCUT2D eigenvalue weighted by Gasteiger charge is 2.46. The topological polar surface area (TPSA) is 257 Å². The van der Waals surface area contributed by atoms with Crippen LogP contribution >= 0.6 is 0 Å². The summed E-state index contributed by atoms with van der Waals surface area (Å²) in [6.45, 7) is 8.55. The second kappa shape index (κ2) is 33.9. The summed E-state index contributed by atoms with van der Waals surface area (Å²) < 4.78 is 165. The number of carbonyl (C=O) groups excluding carboxylic acids is 7. The normalized spacial score (nSPS) is 19.5. The van der Waals surface area contributed by atoms with Gasteiger partial charge in [0.2, 0.25) is 23.4 Å². The number of hydrogen-bond acceptors (Lipinski definition) is 15. The Balaban J connectivity index is 0.000000455. The molecule has 2 unspecified atom stereocenters. The van der Waals surface area contributed by atoms with Crippen molar-refractivity contribution in [2.75, 3.05) is 27.3 Å². The molecule has 2 aliphatic heterocycles. The largest absolute Gasteiger partial charge is 0.455 e. The van der Waals surface area contributed by atoms with E-state index in [1.807, 2.05) is 27.7 Å². The van der Waals surface area contributed by atoms with Gasteiger partial charge in [-0.2, -0.15) is 0 Å². The van der Waals surface area contributed by atoms with Crippen molar-refractivity contribution in [3.05, 3.63) is 93.6 Å². The number of ether oxygens (including phenoxy) is 5. The maximum absolute atomic E-state index is 14.4. The van der Waals surface area contributed by atoms with Crippen molar-refractivity contribution >= 4 is 41.5 Å². The first-order valence-electron chi connectivity index (χ1n) is 27.1. The molecule has 2 aromatic carbocycles. The number of methoxy groups -OCH3 is 2. The SMILES string of the molecule is CCC(C)/C=C/[C@@H](O)[C@H](O)[C@@H](O)[C@@H](OC)C(=O)N[C@H]1CCCCN(Cc2c(F)c(F)c(F)c(F)c2F)C1=O.CCC(C)/C=C/[C@@H](OC(C)=O)[C@H](OC(C)=O)[C@@H](OC(C)=O)[C@@H](OC)C(=O)N[C@H]1CCCCN(Cc2c(F)c(F)c(F)c(F)c2F)C1=O. The van der Waals surface area contributed by atoms with Gasteiger partial charge in [-0.3, -0.25) is 33.6 Å². The Morgan fingerprint density at radius 1 is 0.518 bits per heavy atom. The van der Waals surface area contributed by atoms with Crippen molar-refractivity contribution in [3.63, 3.8) is 0 Å². The Labute approximate surface area is 484 Å². The van der Waals surface area contributed by atoms with Crippen LogP contribution in [0.15, 0.2) is 24.3 Å². The van der Waals surface area contributed by atoms with E-state index in [0.29, 0.717) is 25.7 Å². The average molecular weight is 1230 g/mol. The van der Waals surface area contributed by atoms with Crippen LogP contribution in [0.1, 0.15) is 111 Å². The Hall–Kier alpha value is -6.69. The Bertz CT molecular complexity index is 2680. The first kappa shape index (κ1) is 72.6. The highest BCUT2D eigenvalue weighted by atomic mass is 19.2. The predicted octanol–water partition coefficient (Wildman–Crippen LogP) is 5.87. The number of allylic oxidation sites excluding steroid dienone is 2. The van der Waals surface area contributed by atoms with Crippen LogP contribution in [0.5, 0.6) is 0 Å². The van der Waals surface area contributed by atoms with Crippen LogP contribution in [0.25, 0.3) is 0 Å². The van der Waals surface area contributed by atoms with E-state index in [9.17, 15) is 92.8 Å². The summed E-state index contributed by atoms with van der Waals surface area (Å²) in [7, 11) is 2.12. The van der Waals surface area contributed by atoms with Crippen LogP contribution in [0.2, 0.25) is 0 Å². The fourth-order valence-electron chi connectivity index (χ4n) is 8.83. The van der Waals surface area contributed by atoms with Crippen LogP contribution in [0.3, 0.4) is 0 Å².